The third-order valence-electron chi connectivity index (χ3n) is 3.53. The molecular formula is C14H28N4O3. The molecule has 0 aliphatic carbocycles. The minimum atomic E-state index is -0.239. The van der Waals surface area contributed by atoms with E-state index in [1.54, 1.807) is 0 Å². The highest BCUT2D eigenvalue weighted by Crippen LogP contribution is 1.93. The van der Waals surface area contributed by atoms with Crippen LogP contribution in [0.25, 0.3) is 0 Å². The van der Waals surface area contributed by atoms with Crippen molar-refractivity contribution in [2.24, 2.45) is 0 Å². The van der Waals surface area contributed by atoms with Crippen molar-refractivity contribution in [1.29, 1.82) is 0 Å². The van der Waals surface area contributed by atoms with E-state index in [4.69, 9.17) is 0 Å². The van der Waals surface area contributed by atoms with E-state index < -0.39 is 0 Å². The van der Waals surface area contributed by atoms with E-state index in [2.05, 4.69) is 20.3 Å². The van der Waals surface area contributed by atoms with Gasteiger partial charge >= 0.3 is 5.97 Å². The molecule has 1 fully saturated rings. The number of hydrogen-bond donors (Lipinski definition) is 2. The van der Waals surface area contributed by atoms with Crippen molar-refractivity contribution in [2.75, 3.05) is 66.5 Å². The van der Waals surface area contributed by atoms with E-state index in [0.29, 0.717) is 25.9 Å². The quantitative estimate of drug-likeness (QED) is 0.416. The number of amides is 1. The first-order valence-corrected chi connectivity index (χ1v) is 7.57. The van der Waals surface area contributed by atoms with Gasteiger partial charge in [-0.25, -0.2) is 0 Å². The summed E-state index contributed by atoms with van der Waals surface area (Å²) >= 11 is 0. The summed E-state index contributed by atoms with van der Waals surface area (Å²) in [7, 11) is 3.32. The van der Waals surface area contributed by atoms with Crippen molar-refractivity contribution in [3.8, 4) is 0 Å². The maximum atomic E-state index is 11.7. The van der Waals surface area contributed by atoms with Crippen LogP contribution in [0, 0.1) is 0 Å². The average Bonchev–Trinajstić information content (AvgIpc) is 2.50. The molecule has 0 aromatic heterocycles. The Morgan fingerprint density at radius 2 is 2.05 bits per heavy atom. The van der Waals surface area contributed by atoms with Gasteiger partial charge in [0.25, 0.3) is 0 Å². The van der Waals surface area contributed by atoms with Gasteiger partial charge in [-0.2, -0.15) is 0 Å². The second-order valence-electron chi connectivity index (χ2n) is 5.36. The summed E-state index contributed by atoms with van der Waals surface area (Å²) in [4.78, 5) is 27.1. The first kappa shape index (κ1) is 17.9. The van der Waals surface area contributed by atoms with Crippen molar-refractivity contribution < 1.29 is 14.3 Å². The monoisotopic (exact) mass is 300 g/mol. The molecule has 0 unspecified atom stereocenters. The van der Waals surface area contributed by atoms with Gasteiger partial charge in [0.2, 0.25) is 5.91 Å². The van der Waals surface area contributed by atoms with Gasteiger partial charge in [-0.05, 0) is 13.5 Å². The fraction of sp³-hybridized carbons (Fsp3) is 0.857. The molecule has 0 aromatic carbocycles. The Morgan fingerprint density at radius 1 is 1.33 bits per heavy atom. The van der Waals surface area contributed by atoms with E-state index in [1.807, 2.05) is 11.9 Å². The van der Waals surface area contributed by atoms with Gasteiger partial charge in [-0.3, -0.25) is 19.4 Å². The molecule has 0 bridgehead atoms. The number of nitrogens with one attached hydrogen (secondary N) is 2. The van der Waals surface area contributed by atoms with Crippen LogP contribution in [0.4, 0.5) is 0 Å². The molecule has 0 spiro atoms. The normalized spacial score (nSPS) is 16.0. The molecule has 7 heteroatoms. The number of methoxy groups -OCH3 is 1. The van der Waals surface area contributed by atoms with E-state index in [0.717, 1.165) is 39.3 Å². The van der Waals surface area contributed by atoms with Crippen LogP contribution in [-0.4, -0.2) is 88.2 Å². The predicted molar refractivity (Wildman–Crippen MR) is 81.1 cm³/mol. The molecule has 1 aliphatic rings. The van der Waals surface area contributed by atoms with Gasteiger partial charge < -0.3 is 15.4 Å². The van der Waals surface area contributed by atoms with Crippen molar-refractivity contribution in [1.82, 2.24) is 20.4 Å². The maximum absolute atomic E-state index is 11.7. The van der Waals surface area contributed by atoms with Crippen molar-refractivity contribution in [3.05, 3.63) is 0 Å². The molecule has 0 radical (unpaired) electrons. The Bertz CT molecular complexity index is 319. The maximum Gasteiger partial charge on any atom is 0.305 e. The molecular weight excluding hydrogens is 272 g/mol. The lowest BCUT2D eigenvalue weighted by atomic mass is 10.3. The van der Waals surface area contributed by atoms with Gasteiger partial charge in [0.15, 0.2) is 0 Å². The van der Waals surface area contributed by atoms with Crippen LogP contribution in [0.2, 0.25) is 0 Å². The second kappa shape index (κ2) is 10.5. The summed E-state index contributed by atoms with van der Waals surface area (Å²) in [5.41, 5.74) is 0. The second-order valence-corrected chi connectivity index (χ2v) is 5.36. The lowest BCUT2D eigenvalue weighted by molar-refractivity contribution is -0.140. The fourth-order valence-corrected chi connectivity index (χ4v) is 2.19. The highest BCUT2D eigenvalue weighted by molar-refractivity contribution is 5.78. The lowest BCUT2D eigenvalue weighted by Gasteiger charge is -2.28. The average molecular weight is 300 g/mol. The Labute approximate surface area is 127 Å². The highest BCUT2D eigenvalue weighted by atomic mass is 16.5. The standard InChI is InChI=1S/C14H28N4O3/c1-17(10-11-18-8-6-15-7-9-18)12-13(19)16-5-3-4-14(20)21-2/h15H,3-12H2,1-2H3,(H,16,19). The van der Waals surface area contributed by atoms with Crippen molar-refractivity contribution in [2.45, 2.75) is 12.8 Å². The van der Waals surface area contributed by atoms with Crippen LogP contribution in [0.5, 0.6) is 0 Å². The van der Waals surface area contributed by atoms with Crippen molar-refractivity contribution >= 4 is 11.9 Å². The molecule has 0 atom stereocenters. The number of likely N-dealkylation sites (N-methyl/N-ethyl adjacent to an activating group) is 1. The third-order valence-corrected chi connectivity index (χ3v) is 3.53. The van der Waals surface area contributed by atoms with Crippen LogP contribution >= 0.6 is 0 Å². The van der Waals surface area contributed by atoms with Gasteiger partial charge in [0, 0.05) is 52.2 Å². The molecule has 0 aromatic rings. The van der Waals surface area contributed by atoms with Crippen LogP contribution in [-0.2, 0) is 14.3 Å². The Hall–Kier alpha value is -1.18. The molecule has 2 N–H and O–H groups in total. The van der Waals surface area contributed by atoms with Crippen LogP contribution in [0.3, 0.4) is 0 Å². The summed E-state index contributed by atoms with van der Waals surface area (Å²) in [6.45, 7) is 7.03. The minimum absolute atomic E-state index is 0.00248. The molecule has 21 heavy (non-hydrogen) atoms. The predicted octanol–water partition coefficient (Wildman–Crippen LogP) is -1.11. The largest absolute Gasteiger partial charge is 0.469 e. The molecule has 1 aliphatic heterocycles. The number of rotatable bonds is 9. The molecule has 7 nitrogen and oxygen atoms in total. The smallest absolute Gasteiger partial charge is 0.305 e. The van der Waals surface area contributed by atoms with E-state index in [-0.39, 0.29) is 11.9 Å². The number of ether oxygens (including phenoxy) is 1. The molecule has 1 rings (SSSR count). The summed E-state index contributed by atoms with van der Waals surface area (Å²) in [5, 5.41) is 6.14. The van der Waals surface area contributed by atoms with Crippen LogP contribution < -0.4 is 10.6 Å². The molecule has 1 amide bonds. The number of carbonyl (C=O) groups is 2. The summed E-state index contributed by atoms with van der Waals surface area (Å²) in [6.07, 6.45) is 0.957. The van der Waals surface area contributed by atoms with Gasteiger partial charge in [-0.1, -0.05) is 0 Å². The number of hydrogen-bond acceptors (Lipinski definition) is 6. The zero-order valence-corrected chi connectivity index (χ0v) is 13.2. The van der Waals surface area contributed by atoms with Crippen LogP contribution in [0.1, 0.15) is 12.8 Å². The molecule has 122 valence electrons. The molecule has 1 heterocycles. The van der Waals surface area contributed by atoms with Gasteiger partial charge in [-0.15, -0.1) is 0 Å². The third kappa shape index (κ3) is 8.64. The van der Waals surface area contributed by atoms with E-state index in [9.17, 15) is 9.59 Å². The SMILES string of the molecule is COC(=O)CCCNC(=O)CN(C)CCN1CCNCC1. The molecule has 1 saturated heterocycles. The topological polar surface area (TPSA) is 73.9 Å². The number of nitrogens with zero attached hydrogens (tertiary/aromatic N) is 2. The lowest BCUT2D eigenvalue weighted by Crippen LogP contribution is -2.46. The molecule has 0 saturated carbocycles. The van der Waals surface area contributed by atoms with Gasteiger partial charge in [0.05, 0.1) is 13.7 Å². The van der Waals surface area contributed by atoms with Gasteiger partial charge in [0.1, 0.15) is 0 Å². The summed E-state index contributed by atoms with van der Waals surface area (Å²) in [5.74, 6) is -0.236. The summed E-state index contributed by atoms with van der Waals surface area (Å²) < 4.78 is 4.54. The number of carbonyl (C=O) groups excluding carboxylic acids is 2. The Morgan fingerprint density at radius 3 is 2.71 bits per heavy atom. The highest BCUT2D eigenvalue weighted by Gasteiger charge is 2.11. The fourth-order valence-electron chi connectivity index (χ4n) is 2.19. The zero-order valence-electron chi connectivity index (χ0n) is 13.2. The first-order valence-electron chi connectivity index (χ1n) is 7.57. The van der Waals surface area contributed by atoms with E-state index in [1.165, 1.54) is 7.11 Å². The first-order chi connectivity index (χ1) is 10.1. The number of piperazine rings is 1. The Balaban J connectivity index is 2.03. The van der Waals surface area contributed by atoms with Crippen molar-refractivity contribution in [3.63, 3.8) is 0 Å². The van der Waals surface area contributed by atoms with E-state index >= 15 is 0 Å². The number of esters is 1. The summed E-state index contributed by atoms with van der Waals surface area (Å²) in [6, 6.07) is 0. The van der Waals surface area contributed by atoms with Crippen LogP contribution in [0.15, 0.2) is 0 Å². The minimum Gasteiger partial charge on any atom is -0.469 e. The Kier molecular flexibility index (Phi) is 8.96. The zero-order chi connectivity index (χ0) is 15.5.